The molecule has 1 amide bonds. The van der Waals surface area contributed by atoms with Crippen LogP contribution in [0.15, 0.2) is 24.3 Å². The second-order valence-electron chi connectivity index (χ2n) is 3.45. The minimum atomic E-state index is -0.218. The number of hydrogen-bond acceptors (Lipinski definition) is 4. The van der Waals surface area contributed by atoms with Crippen molar-refractivity contribution in [1.29, 1.82) is 0 Å². The number of likely N-dealkylation sites (N-methyl/N-ethyl adjacent to an activating group) is 1. The van der Waals surface area contributed by atoms with Crippen molar-refractivity contribution in [2.75, 3.05) is 26.3 Å². The van der Waals surface area contributed by atoms with Crippen molar-refractivity contribution in [2.24, 2.45) is 0 Å². The van der Waals surface area contributed by atoms with Crippen molar-refractivity contribution < 1.29 is 19.7 Å². The van der Waals surface area contributed by atoms with Gasteiger partial charge in [0.05, 0.1) is 6.61 Å². The van der Waals surface area contributed by atoms with Crippen LogP contribution in [-0.4, -0.2) is 47.3 Å². The molecule has 0 aromatic heterocycles. The molecule has 0 fully saturated rings. The van der Waals surface area contributed by atoms with Crippen molar-refractivity contribution >= 4 is 5.91 Å². The number of nitrogens with zero attached hydrogens (tertiary/aromatic N) is 1. The second-order valence-corrected chi connectivity index (χ2v) is 3.45. The first-order valence-corrected chi connectivity index (χ1v) is 5.48. The number of ether oxygens (including phenoxy) is 1. The Bertz CT molecular complexity index is 367. The lowest BCUT2D eigenvalue weighted by Gasteiger charge is -2.19. The molecule has 5 heteroatoms. The molecule has 0 saturated heterocycles. The summed E-state index contributed by atoms with van der Waals surface area (Å²) in [6, 6.07) is 6.47. The maximum atomic E-state index is 11.7. The lowest BCUT2D eigenvalue weighted by Crippen LogP contribution is -2.36. The number of hydrogen-bond donors (Lipinski definition) is 2. The van der Waals surface area contributed by atoms with Gasteiger partial charge in [0.15, 0.2) is 18.1 Å². The minimum Gasteiger partial charge on any atom is -0.504 e. The number of para-hydroxylation sites is 2. The molecule has 5 nitrogen and oxygen atoms in total. The Morgan fingerprint density at radius 1 is 1.41 bits per heavy atom. The molecule has 0 heterocycles. The van der Waals surface area contributed by atoms with Crippen LogP contribution in [0.1, 0.15) is 6.92 Å². The third kappa shape index (κ3) is 3.96. The van der Waals surface area contributed by atoms with E-state index in [1.54, 1.807) is 18.2 Å². The maximum Gasteiger partial charge on any atom is 0.260 e. The summed E-state index contributed by atoms with van der Waals surface area (Å²) in [7, 11) is 0. The molecule has 1 aromatic rings. The van der Waals surface area contributed by atoms with E-state index in [9.17, 15) is 9.90 Å². The Morgan fingerprint density at radius 2 is 2.12 bits per heavy atom. The van der Waals surface area contributed by atoms with E-state index in [0.717, 1.165) is 0 Å². The number of aliphatic hydroxyl groups is 1. The average Bonchev–Trinajstić information content (AvgIpc) is 2.34. The Labute approximate surface area is 100 Å². The predicted molar refractivity (Wildman–Crippen MR) is 62.9 cm³/mol. The van der Waals surface area contributed by atoms with Crippen molar-refractivity contribution in [3.8, 4) is 11.5 Å². The summed E-state index contributed by atoms with van der Waals surface area (Å²) in [6.07, 6.45) is 0. The van der Waals surface area contributed by atoms with Crippen molar-refractivity contribution in [2.45, 2.75) is 6.92 Å². The van der Waals surface area contributed by atoms with Gasteiger partial charge in [-0.25, -0.2) is 0 Å². The van der Waals surface area contributed by atoms with E-state index < -0.39 is 0 Å². The summed E-state index contributed by atoms with van der Waals surface area (Å²) in [5.41, 5.74) is 0. The molecule has 0 saturated carbocycles. The van der Waals surface area contributed by atoms with Crippen LogP contribution in [0.5, 0.6) is 11.5 Å². The minimum absolute atomic E-state index is 0.00510. The first-order valence-electron chi connectivity index (χ1n) is 5.48. The molecule has 0 radical (unpaired) electrons. The van der Waals surface area contributed by atoms with Crippen molar-refractivity contribution in [3.05, 3.63) is 24.3 Å². The molecule has 1 aromatic carbocycles. The number of aromatic hydroxyl groups is 1. The number of rotatable bonds is 6. The summed E-state index contributed by atoms with van der Waals surface area (Å²) in [4.78, 5) is 13.1. The monoisotopic (exact) mass is 239 g/mol. The fourth-order valence-corrected chi connectivity index (χ4v) is 1.39. The Morgan fingerprint density at radius 3 is 2.71 bits per heavy atom. The Kier molecular flexibility index (Phi) is 5.29. The van der Waals surface area contributed by atoms with Crippen molar-refractivity contribution in [3.63, 3.8) is 0 Å². The molecule has 0 bridgehead atoms. The topological polar surface area (TPSA) is 70.0 Å². The van der Waals surface area contributed by atoms with Crippen LogP contribution in [-0.2, 0) is 4.79 Å². The van der Waals surface area contributed by atoms with Crippen LogP contribution < -0.4 is 4.74 Å². The van der Waals surface area contributed by atoms with Gasteiger partial charge in [-0.15, -0.1) is 0 Å². The summed E-state index contributed by atoms with van der Waals surface area (Å²) >= 11 is 0. The molecule has 0 unspecified atom stereocenters. The molecule has 17 heavy (non-hydrogen) atoms. The van der Waals surface area contributed by atoms with E-state index in [4.69, 9.17) is 9.84 Å². The number of benzene rings is 1. The fourth-order valence-electron chi connectivity index (χ4n) is 1.39. The molecule has 0 aliphatic heterocycles. The van der Waals surface area contributed by atoms with Gasteiger partial charge in [0.1, 0.15) is 0 Å². The van der Waals surface area contributed by atoms with E-state index in [0.29, 0.717) is 13.1 Å². The van der Waals surface area contributed by atoms with Crippen LogP contribution in [0.2, 0.25) is 0 Å². The van der Waals surface area contributed by atoms with Gasteiger partial charge in [-0.3, -0.25) is 4.79 Å². The first-order chi connectivity index (χ1) is 8.19. The zero-order chi connectivity index (χ0) is 12.7. The van der Waals surface area contributed by atoms with Crippen LogP contribution >= 0.6 is 0 Å². The summed E-state index contributed by atoms with van der Waals surface area (Å²) < 4.78 is 5.20. The molecule has 1 rings (SSSR count). The molecule has 0 aliphatic rings. The van der Waals surface area contributed by atoms with Gasteiger partial charge in [0.2, 0.25) is 0 Å². The van der Waals surface area contributed by atoms with Crippen LogP contribution in [0.25, 0.3) is 0 Å². The van der Waals surface area contributed by atoms with E-state index in [-0.39, 0.29) is 30.6 Å². The van der Waals surface area contributed by atoms with Gasteiger partial charge in [-0.1, -0.05) is 12.1 Å². The quantitative estimate of drug-likeness (QED) is 0.763. The summed E-state index contributed by atoms with van der Waals surface area (Å²) in [5, 5.41) is 18.2. The maximum absolute atomic E-state index is 11.7. The lowest BCUT2D eigenvalue weighted by molar-refractivity contribution is -0.133. The lowest BCUT2D eigenvalue weighted by atomic mass is 10.3. The normalized spacial score (nSPS) is 10.0. The van der Waals surface area contributed by atoms with Gasteiger partial charge >= 0.3 is 0 Å². The molecular weight excluding hydrogens is 222 g/mol. The van der Waals surface area contributed by atoms with Gasteiger partial charge in [-0.2, -0.15) is 0 Å². The first kappa shape index (κ1) is 13.3. The highest BCUT2D eigenvalue weighted by atomic mass is 16.5. The summed E-state index contributed by atoms with van der Waals surface area (Å²) in [6.45, 7) is 2.41. The number of carbonyl (C=O) groups excluding carboxylic acids is 1. The smallest absolute Gasteiger partial charge is 0.260 e. The number of aliphatic hydroxyl groups excluding tert-OH is 1. The molecule has 0 atom stereocenters. The van der Waals surface area contributed by atoms with Gasteiger partial charge in [-0.05, 0) is 19.1 Å². The van der Waals surface area contributed by atoms with E-state index in [2.05, 4.69) is 0 Å². The number of amides is 1. The van der Waals surface area contributed by atoms with Crippen LogP contribution in [0, 0.1) is 0 Å². The van der Waals surface area contributed by atoms with Crippen molar-refractivity contribution in [1.82, 2.24) is 4.90 Å². The second kappa shape index (κ2) is 6.75. The molecule has 2 N–H and O–H groups in total. The van der Waals surface area contributed by atoms with Gasteiger partial charge in [0, 0.05) is 13.1 Å². The largest absolute Gasteiger partial charge is 0.504 e. The Balaban J connectivity index is 2.50. The number of phenols is 1. The van der Waals surface area contributed by atoms with E-state index in [1.807, 2.05) is 6.92 Å². The van der Waals surface area contributed by atoms with E-state index in [1.165, 1.54) is 11.0 Å². The van der Waals surface area contributed by atoms with Gasteiger partial charge < -0.3 is 19.8 Å². The van der Waals surface area contributed by atoms with Gasteiger partial charge in [0.25, 0.3) is 5.91 Å². The highest BCUT2D eigenvalue weighted by Crippen LogP contribution is 2.24. The number of carbonyl (C=O) groups is 1. The highest BCUT2D eigenvalue weighted by Gasteiger charge is 2.12. The molecule has 0 spiro atoms. The zero-order valence-electron chi connectivity index (χ0n) is 9.80. The predicted octanol–water partition coefficient (Wildman–Crippen LogP) is 0.612. The highest BCUT2D eigenvalue weighted by molar-refractivity contribution is 5.77. The zero-order valence-corrected chi connectivity index (χ0v) is 9.80. The van der Waals surface area contributed by atoms with Crippen LogP contribution in [0.4, 0.5) is 0 Å². The van der Waals surface area contributed by atoms with Crippen LogP contribution in [0.3, 0.4) is 0 Å². The number of phenolic OH excluding ortho intramolecular Hbond substituents is 1. The molecular formula is C12H17NO4. The van der Waals surface area contributed by atoms with E-state index >= 15 is 0 Å². The standard InChI is InChI=1S/C12H17NO4/c1-2-13(7-8-14)12(16)9-17-11-6-4-3-5-10(11)15/h3-6,14-15H,2,7-9H2,1H3. The average molecular weight is 239 g/mol. The third-order valence-corrected chi connectivity index (χ3v) is 2.32. The summed E-state index contributed by atoms with van der Waals surface area (Å²) in [5.74, 6) is 0.0659. The SMILES string of the molecule is CCN(CCO)C(=O)COc1ccccc1O. The molecule has 94 valence electrons. The Hall–Kier alpha value is -1.75. The molecule has 0 aliphatic carbocycles. The fraction of sp³-hybridized carbons (Fsp3) is 0.417. The third-order valence-electron chi connectivity index (χ3n) is 2.32.